The lowest BCUT2D eigenvalue weighted by atomic mass is 10.0. The Bertz CT molecular complexity index is 849. The predicted octanol–water partition coefficient (Wildman–Crippen LogP) is 7.74. The fourth-order valence-corrected chi connectivity index (χ4v) is 4.89. The van der Waals surface area contributed by atoms with Crippen molar-refractivity contribution < 1.29 is 32.2 Å². The lowest BCUT2D eigenvalue weighted by Gasteiger charge is -2.24. The molecular formula is C29H44F3NO4. The first-order valence-electron chi connectivity index (χ1n) is 14.1. The smallest absolute Gasteiger partial charge is 0.328 e. The van der Waals surface area contributed by atoms with E-state index in [1.165, 1.54) is 75.5 Å². The number of carbonyl (C=O) groups excluding carboxylic acids is 2. The molecule has 1 fully saturated rings. The zero-order valence-corrected chi connectivity index (χ0v) is 22.6. The minimum atomic E-state index is -1.50. The van der Waals surface area contributed by atoms with Crippen LogP contribution in [-0.4, -0.2) is 43.1 Å². The number of benzene rings is 1. The van der Waals surface area contributed by atoms with E-state index in [9.17, 15) is 22.8 Å². The lowest BCUT2D eigenvalue weighted by molar-refractivity contribution is -0.148. The molecule has 1 aliphatic heterocycles. The molecule has 0 saturated carbocycles. The molecule has 5 nitrogen and oxygen atoms in total. The number of amides is 1. The van der Waals surface area contributed by atoms with Gasteiger partial charge in [0.2, 0.25) is 5.82 Å². The summed E-state index contributed by atoms with van der Waals surface area (Å²) in [5.74, 6) is -6.56. The predicted molar refractivity (Wildman–Crippen MR) is 138 cm³/mol. The van der Waals surface area contributed by atoms with Gasteiger partial charge in [-0.3, -0.25) is 4.79 Å². The maximum absolute atomic E-state index is 14.6. The number of ether oxygens (including phenoxy) is 2. The molecule has 0 aromatic heterocycles. The maximum Gasteiger partial charge on any atom is 0.328 e. The topological polar surface area (TPSA) is 55.8 Å². The number of likely N-dealkylation sites (tertiary alicyclic amines) is 1. The third-order valence-electron chi connectivity index (χ3n) is 7.08. The molecule has 2 rings (SSSR count). The van der Waals surface area contributed by atoms with E-state index in [0.29, 0.717) is 18.9 Å². The van der Waals surface area contributed by atoms with E-state index in [4.69, 9.17) is 4.74 Å². The normalized spacial score (nSPS) is 15.3. The Morgan fingerprint density at radius 2 is 1.41 bits per heavy atom. The maximum atomic E-state index is 14.6. The summed E-state index contributed by atoms with van der Waals surface area (Å²) >= 11 is 0. The second kappa shape index (κ2) is 17.3. The van der Waals surface area contributed by atoms with Crippen LogP contribution < -0.4 is 4.74 Å². The summed E-state index contributed by atoms with van der Waals surface area (Å²) in [5, 5.41) is 0. The van der Waals surface area contributed by atoms with Crippen molar-refractivity contribution in [1.82, 2.24) is 4.90 Å². The van der Waals surface area contributed by atoms with Crippen LogP contribution in [0, 0.1) is 17.5 Å². The van der Waals surface area contributed by atoms with Crippen molar-refractivity contribution in [3.05, 3.63) is 29.1 Å². The highest BCUT2D eigenvalue weighted by Gasteiger charge is 2.37. The van der Waals surface area contributed by atoms with Gasteiger partial charge >= 0.3 is 5.97 Å². The zero-order valence-electron chi connectivity index (χ0n) is 22.6. The fourth-order valence-electron chi connectivity index (χ4n) is 4.89. The van der Waals surface area contributed by atoms with Crippen LogP contribution >= 0.6 is 0 Å². The number of methoxy groups -OCH3 is 1. The Morgan fingerprint density at radius 1 is 0.865 bits per heavy atom. The van der Waals surface area contributed by atoms with Gasteiger partial charge in [-0.15, -0.1) is 0 Å². The average molecular weight is 528 g/mol. The third-order valence-corrected chi connectivity index (χ3v) is 7.08. The van der Waals surface area contributed by atoms with Gasteiger partial charge in [-0.1, -0.05) is 90.4 Å². The molecule has 1 aromatic carbocycles. The Hall–Kier alpha value is -2.25. The molecule has 210 valence electrons. The number of halogens is 3. The van der Waals surface area contributed by atoms with Gasteiger partial charge < -0.3 is 14.4 Å². The quantitative estimate of drug-likeness (QED) is 0.111. The van der Waals surface area contributed by atoms with Crippen molar-refractivity contribution in [2.45, 2.75) is 116 Å². The summed E-state index contributed by atoms with van der Waals surface area (Å²) in [6.45, 7) is 2.71. The van der Waals surface area contributed by atoms with E-state index in [2.05, 4.69) is 11.7 Å². The molecule has 1 saturated heterocycles. The zero-order chi connectivity index (χ0) is 27.0. The number of nitrogens with zero attached hydrogens (tertiary/aromatic N) is 1. The average Bonchev–Trinajstić information content (AvgIpc) is 3.38. The highest BCUT2D eigenvalue weighted by Crippen LogP contribution is 2.30. The van der Waals surface area contributed by atoms with Gasteiger partial charge in [-0.2, -0.15) is 4.39 Å². The van der Waals surface area contributed by atoms with E-state index >= 15 is 0 Å². The van der Waals surface area contributed by atoms with Crippen LogP contribution in [0.1, 0.15) is 120 Å². The van der Waals surface area contributed by atoms with Crippen LogP contribution in [0.3, 0.4) is 0 Å². The first kappa shape index (κ1) is 31.0. The van der Waals surface area contributed by atoms with Crippen molar-refractivity contribution >= 4 is 11.9 Å². The van der Waals surface area contributed by atoms with Gasteiger partial charge in [-0.25, -0.2) is 13.6 Å². The molecule has 1 aliphatic rings. The number of hydrogen-bond donors (Lipinski definition) is 0. The Morgan fingerprint density at radius 3 is 1.95 bits per heavy atom. The van der Waals surface area contributed by atoms with E-state index < -0.39 is 46.7 Å². The van der Waals surface area contributed by atoms with Crippen LogP contribution in [0.5, 0.6) is 5.75 Å². The number of esters is 1. The van der Waals surface area contributed by atoms with Gasteiger partial charge in [0.05, 0.1) is 19.3 Å². The molecule has 0 radical (unpaired) electrons. The fraction of sp³-hybridized carbons (Fsp3) is 0.724. The van der Waals surface area contributed by atoms with Crippen molar-refractivity contribution in [2.24, 2.45) is 0 Å². The van der Waals surface area contributed by atoms with Crippen molar-refractivity contribution in [3.63, 3.8) is 0 Å². The molecule has 1 amide bonds. The molecule has 37 heavy (non-hydrogen) atoms. The molecule has 1 atom stereocenters. The van der Waals surface area contributed by atoms with Crippen LogP contribution in [-0.2, 0) is 9.53 Å². The number of hydrogen-bond acceptors (Lipinski definition) is 4. The first-order chi connectivity index (χ1) is 17.9. The van der Waals surface area contributed by atoms with Crippen LogP contribution in [0.15, 0.2) is 6.07 Å². The second-order valence-electron chi connectivity index (χ2n) is 9.99. The van der Waals surface area contributed by atoms with E-state index in [-0.39, 0.29) is 13.2 Å². The summed E-state index contributed by atoms with van der Waals surface area (Å²) in [4.78, 5) is 26.6. The SMILES string of the molecule is CCCCCCCCCCCCCCCCOC(=O)C1CCCN1C(=O)c1cc(F)c(F)c(OC)c1F. The van der Waals surface area contributed by atoms with Crippen molar-refractivity contribution in [2.75, 3.05) is 20.3 Å². The number of carbonyl (C=O) groups is 2. The molecule has 0 spiro atoms. The monoisotopic (exact) mass is 527 g/mol. The highest BCUT2D eigenvalue weighted by molar-refractivity contribution is 5.97. The number of rotatable bonds is 18. The third kappa shape index (κ3) is 9.86. The van der Waals surface area contributed by atoms with E-state index in [0.717, 1.165) is 26.4 Å². The molecule has 8 heteroatoms. The van der Waals surface area contributed by atoms with Crippen LogP contribution in [0.25, 0.3) is 0 Å². The first-order valence-corrected chi connectivity index (χ1v) is 14.1. The van der Waals surface area contributed by atoms with Gasteiger partial charge in [-0.05, 0) is 25.3 Å². The molecular weight excluding hydrogens is 483 g/mol. The summed E-state index contributed by atoms with van der Waals surface area (Å²) < 4.78 is 52.1. The lowest BCUT2D eigenvalue weighted by Crippen LogP contribution is -2.42. The van der Waals surface area contributed by atoms with Gasteiger partial charge in [0.15, 0.2) is 17.4 Å². The highest BCUT2D eigenvalue weighted by atomic mass is 19.2. The Kier molecular flexibility index (Phi) is 14.5. The summed E-state index contributed by atoms with van der Waals surface area (Å²) in [5.41, 5.74) is -0.664. The summed E-state index contributed by atoms with van der Waals surface area (Å²) in [7, 11) is 0.989. The minimum Gasteiger partial charge on any atom is -0.491 e. The molecule has 1 aromatic rings. The number of unbranched alkanes of at least 4 members (excludes halogenated alkanes) is 13. The second-order valence-corrected chi connectivity index (χ2v) is 9.99. The molecule has 0 bridgehead atoms. The van der Waals surface area contributed by atoms with Crippen LogP contribution in [0.2, 0.25) is 0 Å². The van der Waals surface area contributed by atoms with Crippen molar-refractivity contribution in [1.29, 1.82) is 0 Å². The molecule has 0 N–H and O–H groups in total. The minimum absolute atomic E-state index is 0.207. The van der Waals surface area contributed by atoms with Gasteiger partial charge in [0, 0.05) is 6.54 Å². The van der Waals surface area contributed by atoms with E-state index in [1.54, 1.807) is 0 Å². The largest absolute Gasteiger partial charge is 0.491 e. The molecule has 1 unspecified atom stereocenters. The standard InChI is InChI=1S/C29H44F3NO4/c1-3-4-5-6-7-8-9-10-11-12-13-14-15-16-20-37-29(35)24-18-17-19-33(24)28(34)22-21-23(30)26(32)27(36-2)25(22)31/h21,24H,3-20H2,1-2H3. The van der Waals surface area contributed by atoms with Crippen molar-refractivity contribution in [3.8, 4) is 5.75 Å². The van der Waals surface area contributed by atoms with Gasteiger partial charge in [0.25, 0.3) is 5.91 Å². The van der Waals surface area contributed by atoms with Crippen LogP contribution in [0.4, 0.5) is 13.2 Å². The van der Waals surface area contributed by atoms with Gasteiger partial charge in [0.1, 0.15) is 6.04 Å². The Labute approximate surface area is 220 Å². The molecule has 0 aliphatic carbocycles. The van der Waals surface area contributed by atoms with E-state index in [1.807, 2.05) is 0 Å². The molecule has 1 heterocycles. The Balaban J connectivity index is 1.63. The summed E-state index contributed by atoms with van der Waals surface area (Å²) in [6.07, 6.45) is 18.2. The summed E-state index contributed by atoms with van der Waals surface area (Å²) in [6, 6.07) is -0.358.